The van der Waals surface area contributed by atoms with Crippen LogP contribution in [-0.2, 0) is 16.1 Å². The largest absolute Gasteiger partial charge is 0.393 e. The molecule has 0 saturated heterocycles. The summed E-state index contributed by atoms with van der Waals surface area (Å²) in [5.41, 5.74) is -0.591. The van der Waals surface area contributed by atoms with Gasteiger partial charge in [0.05, 0.1) is 18.8 Å². The van der Waals surface area contributed by atoms with Crippen molar-refractivity contribution in [3.8, 4) is 0 Å². The standard InChI is InChI=1S/C20H32N2O5/c1-2-3-4-5-6-7-8-9-12-26-15-16-13-22(20(25)21-19(16)24)18-11-10-17(14-23)27-18/h10-11,13,17-18,23H,2-9,12,14-15H2,1H3,(H,21,24,25)/t17-,18?/m0/s1. The number of nitrogens with zero attached hydrogens (tertiary/aromatic N) is 1. The van der Waals surface area contributed by atoms with E-state index in [2.05, 4.69) is 11.9 Å². The van der Waals surface area contributed by atoms with Crippen LogP contribution in [0.3, 0.4) is 0 Å². The molecule has 152 valence electrons. The fourth-order valence-electron chi connectivity index (χ4n) is 3.09. The molecule has 0 saturated carbocycles. The number of aliphatic hydroxyl groups excluding tert-OH is 1. The van der Waals surface area contributed by atoms with Gasteiger partial charge in [0.1, 0.15) is 6.10 Å². The average molecular weight is 380 g/mol. The molecule has 0 aliphatic carbocycles. The highest BCUT2D eigenvalue weighted by Gasteiger charge is 2.21. The minimum Gasteiger partial charge on any atom is -0.393 e. The number of aromatic amines is 1. The molecule has 0 amide bonds. The number of unbranched alkanes of at least 4 members (excludes halogenated alkanes) is 7. The molecule has 7 heteroatoms. The van der Waals surface area contributed by atoms with Gasteiger partial charge in [0, 0.05) is 12.8 Å². The Kier molecular flexibility index (Phi) is 9.52. The lowest BCUT2D eigenvalue weighted by Crippen LogP contribution is -2.34. The molecule has 2 heterocycles. The number of nitrogens with one attached hydrogen (secondary N) is 1. The lowest BCUT2D eigenvalue weighted by atomic mass is 10.1. The van der Waals surface area contributed by atoms with E-state index in [9.17, 15) is 9.59 Å². The van der Waals surface area contributed by atoms with Crippen molar-refractivity contribution in [3.05, 3.63) is 44.8 Å². The van der Waals surface area contributed by atoms with Gasteiger partial charge in [0.15, 0.2) is 6.23 Å². The number of hydrogen-bond donors (Lipinski definition) is 2. The summed E-state index contributed by atoms with van der Waals surface area (Å²) < 4.78 is 12.4. The van der Waals surface area contributed by atoms with Crippen LogP contribution in [-0.4, -0.2) is 34.0 Å². The predicted octanol–water partition coefficient (Wildman–Crippen LogP) is 2.64. The molecule has 0 bridgehead atoms. The van der Waals surface area contributed by atoms with Gasteiger partial charge in [-0.25, -0.2) is 4.79 Å². The summed E-state index contributed by atoms with van der Waals surface area (Å²) >= 11 is 0. The Bertz CT molecular complexity index is 694. The Hall–Kier alpha value is -1.70. The van der Waals surface area contributed by atoms with E-state index in [1.54, 1.807) is 12.2 Å². The molecule has 0 fully saturated rings. The maximum Gasteiger partial charge on any atom is 0.330 e. The Morgan fingerprint density at radius 1 is 1.11 bits per heavy atom. The van der Waals surface area contributed by atoms with Gasteiger partial charge in [-0.2, -0.15) is 0 Å². The van der Waals surface area contributed by atoms with Crippen LogP contribution in [0.1, 0.15) is 70.1 Å². The maximum atomic E-state index is 12.0. The first kappa shape index (κ1) is 21.6. The zero-order valence-corrected chi connectivity index (χ0v) is 16.2. The molecule has 2 N–H and O–H groups in total. The summed E-state index contributed by atoms with van der Waals surface area (Å²) in [5, 5.41) is 9.12. The third-order valence-electron chi connectivity index (χ3n) is 4.70. The average Bonchev–Trinajstić information content (AvgIpc) is 3.13. The van der Waals surface area contributed by atoms with Gasteiger partial charge < -0.3 is 14.6 Å². The van der Waals surface area contributed by atoms with E-state index in [1.165, 1.54) is 49.3 Å². The van der Waals surface area contributed by atoms with Crippen LogP contribution in [0.5, 0.6) is 0 Å². The molecule has 1 aliphatic rings. The molecule has 0 aromatic carbocycles. The van der Waals surface area contributed by atoms with Crippen molar-refractivity contribution in [1.29, 1.82) is 0 Å². The molecule has 1 unspecified atom stereocenters. The summed E-state index contributed by atoms with van der Waals surface area (Å²) in [6, 6.07) is 0. The fraction of sp³-hybridized carbons (Fsp3) is 0.700. The Balaban J connectivity index is 1.73. The summed E-state index contributed by atoms with van der Waals surface area (Å²) in [6.45, 7) is 2.82. The first-order valence-electron chi connectivity index (χ1n) is 10.0. The second-order valence-corrected chi connectivity index (χ2v) is 6.98. The van der Waals surface area contributed by atoms with Crippen molar-refractivity contribution in [1.82, 2.24) is 9.55 Å². The molecule has 2 rings (SSSR count). The van der Waals surface area contributed by atoms with Crippen LogP contribution in [0.25, 0.3) is 0 Å². The van der Waals surface area contributed by atoms with Crippen molar-refractivity contribution < 1.29 is 14.6 Å². The fourth-order valence-corrected chi connectivity index (χ4v) is 3.09. The first-order valence-corrected chi connectivity index (χ1v) is 10.0. The minimum absolute atomic E-state index is 0.153. The van der Waals surface area contributed by atoms with Gasteiger partial charge in [-0.1, -0.05) is 57.9 Å². The lowest BCUT2D eigenvalue weighted by Gasteiger charge is -2.15. The van der Waals surface area contributed by atoms with E-state index >= 15 is 0 Å². The van der Waals surface area contributed by atoms with Crippen molar-refractivity contribution in [3.63, 3.8) is 0 Å². The smallest absolute Gasteiger partial charge is 0.330 e. The van der Waals surface area contributed by atoms with Gasteiger partial charge in [0.2, 0.25) is 0 Å². The Labute approximate surface area is 160 Å². The van der Waals surface area contributed by atoms with Crippen molar-refractivity contribution in [2.45, 2.75) is 77.2 Å². The van der Waals surface area contributed by atoms with E-state index < -0.39 is 23.6 Å². The van der Waals surface area contributed by atoms with E-state index in [0.717, 1.165) is 12.8 Å². The van der Waals surface area contributed by atoms with Crippen LogP contribution < -0.4 is 11.2 Å². The SMILES string of the molecule is CCCCCCCCCCOCc1cn(C2C=C[C@@H](CO)O2)c(=O)[nH]c1=O. The number of hydrogen-bond acceptors (Lipinski definition) is 5. The molecule has 0 radical (unpaired) electrons. The molecule has 1 aliphatic heterocycles. The van der Waals surface area contributed by atoms with Crippen LogP contribution in [0, 0.1) is 0 Å². The van der Waals surface area contributed by atoms with Gasteiger partial charge in [-0.15, -0.1) is 0 Å². The molecular formula is C20H32N2O5. The Morgan fingerprint density at radius 3 is 2.48 bits per heavy atom. The third-order valence-corrected chi connectivity index (χ3v) is 4.70. The zero-order valence-electron chi connectivity index (χ0n) is 16.2. The van der Waals surface area contributed by atoms with E-state index in [-0.39, 0.29) is 13.2 Å². The van der Waals surface area contributed by atoms with Crippen molar-refractivity contribution in [2.24, 2.45) is 0 Å². The molecule has 27 heavy (non-hydrogen) atoms. The number of H-pyrrole nitrogens is 1. The van der Waals surface area contributed by atoms with Gasteiger partial charge in [-0.3, -0.25) is 14.3 Å². The lowest BCUT2D eigenvalue weighted by molar-refractivity contribution is -0.0107. The summed E-state index contributed by atoms with van der Waals surface area (Å²) in [5.74, 6) is 0. The second kappa shape index (κ2) is 11.9. The Morgan fingerprint density at radius 2 is 1.81 bits per heavy atom. The quantitative estimate of drug-likeness (QED) is 0.405. The van der Waals surface area contributed by atoms with Crippen molar-refractivity contribution in [2.75, 3.05) is 13.2 Å². The second-order valence-electron chi connectivity index (χ2n) is 6.98. The van der Waals surface area contributed by atoms with E-state index in [4.69, 9.17) is 14.6 Å². The highest BCUT2D eigenvalue weighted by atomic mass is 16.5. The molecule has 1 aromatic heterocycles. The summed E-state index contributed by atoms with van der Waals surface area (Å²) in [6.07, 6.45) is 13.6. The van der Waals surface area contributed by atoms with Gasteiger partial charge in [-0.05, 0) is 12.5 Å². The third kappa shape index (κ3) is 7.08. The van der Waals surface area contributed by atoms with Crippen LogP contribution in [0.15, 0.2) is 27.9 Å². The molecule has 2 atom stereocenters. The number of ether oxygens (including phenoxy) is 2. The maximum absolute atomic E-state index is 12.0. The number of rotatable bonds is 13. The monoisotopic (exact) mass is 380 g/mol. The zero-order chi connectivity index (χ0) is 19.5. The summed E-state index contributed by atoms with van der Waals surface area (Å²) in [7, 11) is 0. The molecular weight excluding hydrogens is 348 g/mol. The summed E-state index contributed by atoms with van der Waals surface area (Å²) in [4.78, 5) is 26.3. The van der Waals surface area contributed by atoms with Gasteiger partial charge >= 0.3 is 5.69 Å². The van der Waals surface area contributed by atoms with Crippen LogP contribution in [0.4, 0.5) is 0 Å². The van der Waals surface area contributed by atoms with Crippen LogP contribution >= 0.6 is 0 Å². The first-order chi connectivity index (χ1) is 13.2. The molecule has 0 spiro atoms. The predicted molar refractivity (Wildman–Crippen MR) is 104 cm³/mol. The topological polar surface area (TPSA) is 93.6 Å². The molecule has 7 nitrogen and oxygen atoms in total. The normalized spacial score (nSPS) is 19.0. The number of aromatic nitrogens is 2. The molecule has 1 aromatic rings. The highest BCUT2D eigenvalue weighted by Crippen LogP contribution is 2.19. The number of aliphatic hydroxyl groups is 1. The van der Waals surface area contributed by atoms with E-state index in [1.807, 2.05) is 0 Å². The van der Waals surface area contributed by atoms with E-state index in [0.29, 0.717) is 12.2 Å². The highest BCUT2D eigenvalue weighted by molar-refractivity contribution is 5.07. The van der Waals surface area contributed by atoms with Crippen LogP contribution in [0.2, 0.25) is 0 Å². The van der Waals surface area contributed by atoms with Crippen molar-refractivity contribution >= 4 is 0 Å². The van der Waals surface area contributed by atoms with Gasteiger partial charge in [0.25, 0.3) is 5.56 Å². The minimum atomic E-state index is -0.627.